The van der Waals surface area contributed by atoms with Crippen molar-refractivity contribution >= 4 is 12.2 Å². The summed E-state index contributed by atoms with van der Waals surface area (Å²) >= 11 is 5.13. The van der Waals surface area contributed by atoms with Crippen LogP contribution in [-0.4, -0.2) is 20.9 Å². The highest BCUT2D eigenvalue weighted by Crippen LogP contribution is 2.31. The van der Waals surface area contributed by atoms with Crippen LogP contribution in [0.4, 0.5) is 0 Å². The molecular formula is C9H15N3OS. The minimum atomic E-state index is 0.123. The van der Waals surface area contributed by atoms with Gasteiger partial charge in [-0.25, -0.2) is 0 Å². The molecule has 2 atom stereocenters. The fourth-order valence-corrected chi connectivity index (χ4v) is 2.14. The van der Waals surface area contributed by atoms with Gasteiger partial charge in [0.05, 0.1) is 6.10 Å². The number of nitrogens with zero attached hydrogens (tertiary/aromatic N) is 2. The Morgan fingerprint density at radius 3 is 3.00 bits per heavy atom. The van der Waals surface area contributed by atoms with Crippen LogP contribution in [0.3, 0.4) is 0 Å². The number of H-pyrrole nitrogens is 1. The lowest BCUT2D eigenvalue weighted by molar-refractivity contribution is 0.0480. The second-order valence-electron chi connectivity index (χ2n) is 3.64. The van der Waals surface area contributed by atoms with Crippen LogP contribution in [0.25, 0.3) is 0 Å². The highest BCUT2D eigenvalue weighted by molar-refractivity contribution is 7.71. The molecule has 0 radical (unpaired) electrons. The lowest BCUT2D eigenvalue weighted by Gasteiger charge is -2.10. The average molecular weight is 213 g/mol. The van der Waals surface area contributed by atoms with Crippen molar-refractivity contribution in [1.82, 2.24) is 14.8 Å². The van der Waals surface area contributed by atoms with Gasteiger partial charge in [0, 0.05) is 6.54 Å². The Hall–Kier alpha value is -0.680. The fourth-order valence-electron chi connectivity index (χ4n) is 1.87. The van der Waals surface area contributed by atoms with Crippen LogP contribution in [0.15, 0.2) is 0 Å². The van der Waals surface area contributed by atoms with Gasteiger partial charge >= 0.3 is 0 Å². The molecule has 0 aliphatic carbocycles. The summed E-state index contributed by atoms with van der Waals surface area (Å²) in [5, 5.41) is 7.04. The van der Waals surface area contributed by atoms with E-state index < -0.39 is 0 Å². The Balaban J connectivity index is 2.28. The minimum absolute atomic E-state index is 0.123. The van der Waals surface area contributed by atoms with E-state index >= 15 is 0 Å². The second kappa shape index (κ2) is 3.82. The van der Waals surface area contributed by atoms with Crippen molar-refractivity contribution in [2.45, 2.75) is 45.4 Å². The molecule has 1 aliphatic rings. The average Bonchev–Trinajstić information content (AvgIpc) is 2.71. The standard InChI is InChI=1S/C9H15N3OS/c1-3-12-8(10-11-9(12)14)7-5-4-6(2)13-7/h6-7H,3-5H2,1-2H3,(H,11,14). The number of nitrogens with one attached hydrogen (secondary N) is 1. The van der Waals surface area contributed by atoms with Crippen LogP contribution in [0.2, 0.25) is 0 Å². The van der Waals surface area contributed by atoms with Crippen LogP contribution < -0.4 is 0 Å². The molecule has 2 rings (SSSR count). The first-order valence-electron chi connectivity index (χ1n) is 5.03. The number of rotatable bonds is 2. The van der Waals surface area contributed by atoms with E-state index in [1.165, 1.54) is 0 Å². The number of ether oxygens (including phenoxy) is 1. The third kappa shape index (κ3) is 1.62. The summed E-state index contributed by atoms with van der Waals surface area (Å²) in [6.45, 7) is 5.00. The number of hydrogen-bond donors (Lipinski definition) is 1. The maximum atomic E-state index is 5.75. The summed E-state index contributed by atoms with van der Waals surface area (Å²) in [7, 11) is 0. The van der Waals surface area contributed by atoms with Gasteiger partial charge in [-0.1, -0.05) is 0 Å². The van der Waals surface area contributed by atoms with Crippen molar-refractivity contribution in [2.24, 2.45) is 0 Å². The van der Waals surface area contributed by atoms with E-state index in [1.54, 1.807) is 0 Å². The molecule has 1 fully saturated rings. The highest BCUT2D eigenvalue weighted by Gasteiger charge is 2.27. The molecule has 1 aromatic rings. The SMILES string of the molecule is CCn1c(C2CCC(C)O2)n[nH]c1=S. The molecule has 5 heteroatoms. The van der Waals surface area contributed by atoms with Crippen LogP contribution in [0, 0.1) is 4.77 Å². The van der Waals surface area contributed by atoms with E-state index in [-0.39, 0.29) is 6.10 Å². The van der Waals surface area contributed by atoms with Gasteiger partial charge in [-0.3, -0.25) is 5.10 Å². The van der Waals surface area contributed by atoms with Crippen molar-refractivity contribution in [3.63, 3.8) is 0 Å². The van der Waals surface area contributed by atoms with E-state index in [0.717, 1.165) is 25.2 Å². The maximum Gasteiger partial charge on any atom is 0.195 e. The quantitative estimate of drug-likeness (QED) is 0.766. The molecule has 1 aliphatic heterocycles. The second-order valence-corrected chi connectivity index (χ2v) is 4.03. The van der Waals surface area contributed by atoms with E-state index in [2.05, 4.69) is 24.0 Å². The van der Waals surface area contributed by atoms with Gasteiger partial charge in [-0.15, -0.1) is 0 Å². The Labute approximate surface area is 88.3 Å². The van der Waals surface area contributed by atoms with Gasteiger partial charge in [-0.05, 0) is 38.9 Å². The van der Waals surface area contributed by atoms with Crippen molar-refractivity contribution < 1.29 is 4.74 Å². The summed E-state index contributed by atoms with van der Waals surface area (Å²) < 4.78 is 8.44. The lowest BCUT2D eigenvalue weighted by atomic mass is 10.2. The van der Waals surface area contributed by atoms with E-state index in [0.29, 0.717) is 10.9 Å². The molecule has 0 saturated carbocycles. The molecule has 14 heavy (non-hydrogen) atoms. The van der Waals surface area contributed by atoms with Gasteiger partial charge in [0.15, 0.2) is 10.6 Å². The fraction of sp³-hybridized carbons (Fsp3) is 0.778. The first-order valence-corrected chi connectivity index (χ1v) is 5.43. The number of aromatic amines is 1. The molecule has 2 heterocycles. The van der Waals surface area contributed by atoms with Gasteiger partial charge in [0.25, 0.3) is 0 Å². The zero-order chi connectivity index (χ0) is 10.1. The van der Waals surface area contributed by atoms with Gasteiger partial charge < -0.3 is 9.30 Å². The smallest absolute Gasteiger partial charge is 0.195 e. The van der Waals surface area contributed by atoms with Gasteiger partial charge in [-0.2, -0.15) is 5.10 Å². The molecule has 1 saturated heterocycles. The molecule has 78 valence electrons. The molecular weight excluding hydrogens is 198 g/mol. The maximum absolute atomic E-state index is 5.75. The molecule has 0 aromatic carbocycles. The molecule has 0 bridgehead atoms. The van der Waals surface area contributed by atoms with Crippen molar-refractivity contribution in [1.29, 1.82) is 0 Å². The largest absolute Gasteiger partial charge is 0.367 e. The van der Waals surface area contributed by atoms with Gasteiger partial charge in [0.2, 0.25) is 0 Å². The predicted molar refractivity (Wildman–Crippen MR) is 55.6 cm³/mol. The van der Waals surface area contributed by atoms with Crippen molar-refractivity contribution in [2.75, 3.05) is 0 Å². The number of aromatic nitrogens is 3. The van der Waals surface area contributed by atoms with Crippen LogP contribution >= 0.6 is 12.2 Å². The normalized spacial score (nSPS) is 27.0. The van der Waals surface area contributed by atoms with Crippen LogP contribution in [0.1, 0.15) is 38.6 Å². The Morgan fingerprint density at radius 2 is 2.43 bits per heavy atom. The third-order valence-electron chi connectivity index (χ3n) is 2.62. The summed E-state index contributed by atoms with van der Waals surface area (Å²) in [4.78, 5) is 0. The minimum Gasteiger partial charge on any atom is -0.367 e. The van der Waals surface area contributed by atoms with Crippen molar-refractivity contribution in [3.05, 3.63) is 10.6 Å². The zero-order valence-electron chi connectivity index (χ0n) is 8.49. The Morgan fingerprint density at radius 1 is 1.64 bits per heavy atom. The lowest BCUT2D eigenvalue weighted by Crippen LogP contribution is -2.09. The summed E-state index contributed by atoms with van der Waals surface area (Å²) in [6, 6.07) is 0. The molecule has 1 aromatic heterocycles. The van der Waals surface area contributed by atoms with Crippen LogP contribution in [0.5, 0.6) is 0 Å². The monoisotopic (exact) mass is 213 g/mol. The van der Waals surface area contributed by atoms with E-state index in [4.69, 9.17) is 17.0 Å². The highest BCUT2D eigenvalue weighted by atomic mass is 32.1. The molecule has 2 unspecified atom stereocenters. The molecule has 4 nitrogen and oxygen atoms in total. The summed E-state index contributed by atoms with van der Waals surface area (Å²) in [5.41, 5.74) is 0. The van der Waals surface area contributed by atoms with E-state index in [1.807, 2.05) is 4.57 Å². The summed E-state index contributed by atoms with van der Waals surface area (Å²) in [5.74, 6) is 0.946. The molecule has 1 N–H and O–H groups in total. The topological polar surface area (TPSA) is 42.8 Å². The molecule has 0 spiro atoms. The first-order chi connectivity index (χ1) is 6.72. The van der Waals surface area contributed by atoms with Crippen molar-refractivity contribution in [3.8, 4) is 0 Å². The first kappa shape index (κ1) is 9.86. The van der Waals surface area contributed by atoms with E-state index in [9.17, 15) is 0 Å². The molecule has 0 amide bonds. The van der Waals surface area contributed by atoms with Gasteiger partial charge in [0.1, 0.15) is 6.10 Å². The summed E-state index contributed by atoms with van der Waals surface area (Å²) in [6.07, 6.45) is 2.61. The zero-order valence-corrected chi connectivity index (χ0v) is 9.30. The Bertz CT molecular complexity index is 370. The Kier molecular flexibility index (Phi) is 2.69. The van der Waals surface area contributed by atoms with Crippen LogP contribution in [-0.2, 0) is 11.3 Å². The number of hydrogen-bond acceptors (Lipinski definition) is 3. The predicted octanol–water partition coefficient (Wildman–Crippen LogP) is 2.20. The third-order valence-corrected chi connectivity index (χ3v) is 2.94.